The second kappa shape index (κ2) is 6.36. The molecule has 0 saturated carbocycles. The maximum absolute atomic E-state index is 10.7. The van der Waals surface area contributed by atoms with Gasteiger partial charge in [-0.3, -0.25) is 0 Å². The second-order valence-electron chi connectivity index (χ2n) is 7.47. The summed E-state index contributed by atoms with van der Waals surface area (Å²) in [5.41, 5.74) is 4.37. The Morgan fingerprint density at radius 3 is 2.31 bits per heavy atom. The fourth-order valence-corrected chi connectivity index (χ4v) is 4.93. The minimum atomic E-state index is 0.110. The number of phenolic OH excluding ortho intramolecular Hbond substituents is 1. The van der Waals surface area contributed by atoms with Crippen LogP contribution in [0.15, 0.2) is 74.9 Å². The van der Waals surface area contributed by atoms with Gasteiger partial charge in [-0.1, -0.05) is 72.7 Å². The largest absolute Gasteiger partial charge is 0.506 e. The second-order valence-corrected chi connectivity index (χ2v) is 9.47. The molecule has 0 aromatic heterocycles. The average molecular weight is 426 g/mol. The Hall–Kier alpha value is -1.91. The van der Waals surface area contributed by atoms with Crippen LogP contribution in [-0.2, 0) is 5.41 Å². The summed E-state index contributed by atoms with van der Waals surface area (Å²) < 4.78 is 0.878. The van der Waals surface area contributed by atoms with Gasteiger partial charge in [0.2, 0.25) is 0 Å². The van der Waals surface area contributed by atoms with Crippen molar-refractivity contribution in [1.82, 2.24) is 0 Å². The number of hydrogen-bond acceptors (Lipinski definition) is 3. The lowest BCUT2D eigenvalue weighted by molar-refractivity contribution is 0.474. The number of aromatic hydroxyl groups is 1. The Bertz CT molecular complexity index is 976. The first-order valence-corrected chi connectivity index (χ1v) is 10.2. The van der Waals surface area contributed by atoms with Crippen molar-refractivity contribution in [3.63, 3.8) is 0 Å². The van der Waals surface area contributed by atoms with Crippen molar-refractivity contribution in [2.24, 2.45) is 0 Å². The van der Waals surface area contributed by atoms with Crippen molar-refractivity contribution in [1.29, 1.82) is 0 Å². The van der Waals surface area contributed by atoms with Gasteiger partial charge in [0.05, 0.1) is 5.69 Å². The molecule has 1 aliphatic heterocycles. The van der Waals surface area contributed by atoms with E-state index in [0.717, 1.165) is 26.4 Å². The topological polar surface area (TPSA) is 23.5 Å². The molecule has 132 valence electrons. The normalized spacial score (nSPS) is 13.3. The van der Waals surface area contributed by atoms with Gasteiger partial charge >= 0.3 is 0 Å². The molecule has 0 fully saturated rings. The van der Waals surface area contributed by atoms with Gasteiger partial charge < -0.3 is 10.0 Å². The molecule has 1 heterocycles. The Labute approximate surface area is 167 Å². The van der Waals surface area contributed by atoms with Crippen molar-refractivity contribution in [2.45, 2.75) is 36.0 Å². The number of anilines is 3. The lowest BCUT2D eigenvalue weighted by atomic mass is 9.87. The molecule has 0 bridgehead atoms. The van der Waals surface area contributed by atoms with E-state index in [9.17, 15) is 5.11 Å². The van der Waals surface area contributed by atoms with Crippen molar-refractivity contribution in [2.75, 3.05) is 4.90 Å². The summed E-state index contributed by atoms with van der Waals surface area (Å²) in [4.78, 5) is 4.36. The number of fused-ring (bicyclic) bond motifs is 2. The third-order valence-electron chi connectivity index (χ3n) is 4.56. The summed E-state index contributed by atoms with van der Waals surface area (Å²) in [5.74, 6) is 0.274. The molecule has 0 amide bonds. The molecule has 0 radical (unpaired) electrons. The van der Waals surface area contributed by atoms with Crippen molar-refractivity contribution < 1.29 is 5.11 Å². The van der Waals surface area contributed by atoms with Gasteiger partial charge in [-0.2, -0.15) is 0 Å². The zero-order valence-electron chi connectivity index (χ0n) is 15.0. The minimum Gasteiger partial charge on any atom is -0.506 e. The first-order valence-electron chi connectivity index (χ1n) is 8.55. The molecule has 26 heavy (non-hydrogen) atoms. The fourth-order valence-electron chi connectivity index (χ4n) is 3.21. The number of hydrogen-bond donors (Lipinski definition) is 1. The van der Waals surface area contributed by atoms with Crippen LogP contribution in [0.5, 0.6) is 5.75 Å². The fraction of sp³-hybridized carbons (Fsp3) is 0.182. The van der Waals surface area contributed by atoms with Crippen LogP contribution in [0.1, 0.15) is 26.3 Å². The molecule has 0 atom stereocenters. The van der Waals surface area contributed by atoms with Crippen LogP contribution >= 0.6 is 27.7 Å². The molecule has 1 N–H and O–H groups in total. The highest BCUT2D eigenvalue weighted by Gasteiger charge is 2.28. The molecule has 0 spiro atoms. The lowest BCUT2D eigenvalue weighted by Crippen LogP contribution is -2.16. The Morgan fingerprint density at radius 2 is 1.62 bits per heavy atom. The standard InChI is InChI=1S/C22H20BrNOS/c1-22(2,3)14-8-10-16(11-9-14)24-17-6-4-5-7-19(17)26-20-13-15(23)12-18(25)21(20)24/h4-13,25H,1-3H3. The highest BCUT2D eigenvalue weighted by Crippen LogP contribution is 2.55. The summed E-state index contributed by atoms with van der Waals surface area (Å²) >= 11 is 5.18. The maximum Gasteiger partial charge on any atom is 0.141 e. The quantitative estimate of drug-likeness (QED) is 0.343. The van der Waals surface area contributed by atoms with Crippen molar-refractivity contribution in [3.05, 3.63) is 70.7 Å². The van der Waals surface area contributed by atoms with E-state index in [4.69, 9.17) is 0 Å². The Kier molecular flexibility index (Phi) is 4.28. The number of halogens is 1. The summed E-state index contributed by atoms with van der Waals surface area (Å²) in [6.07, 6.45) is 0. The average Bonchev–Trinajstić information content (AvgIpc) is 2.59. The SMILES string of the molecule is CC(C)(C)c1ccc(N2c3ccccc3Sc3cc(Br)cc(O)c32)cc1. The van der Waals surface area contributed by atoms with Gasteiger partial charge in [0.15, 0.2) is 0 Å². The Morgan fingerprint density at radius 1 is 0.923 bits per heavy atom. The van der Waals surface area contributed by atoms with E-state index in [0.29, 0.717) is 0 Å². The molecule has 3 aromatic rings. The van der Waals surface area contributed by atoms with Gasteiger partial charge in [-0.15, -0.1) is 0 Å². The molecule has 0 saturated heterocycles. The third-order valence-corrected chi connectivity index (χ3v) is 6.11. The van der Waals surface area contributed by atoms with Crippen molar-refractivity contribution >= 4 is 44.8 Å². The zero-order chi connectivity index (χ0) is 18.5. The third kappa shape index (κ3) is 3.01. The van der Waals surface area contributed by atoms with Gasteiger partial charge in [-0.25, -0.2) is 0 Å². The predicted octanol–water partition coefficient (Wildman–Crippen LogP) is 7.39. The smallest absolute Gasteiger partial charge is 0.141 e. The number of para-hydroxylation sites is 1. The van der Waals surface area contributed by atoms with Crippen LogP contribution in [0.2, 0.25) is 0 Å². The van der Waals surface area contributed by atoms with Crippen LogP contribution in [-0.4, -0.2) is 5.11 Å². The first kappa shape index (κ1) is 17.5. The van der Waals surface area contributed by atoms with Crippen LogP contribution in [0, 0.1) is 0 Å². The minimum absolute atomic E-state index is 0.110. The molecular formula is C22H20BrNOS. The van der Waals surface area contributed by atoms with E-state index in [2.05, 4.69) is 90.1 Å². The molecule has 0 unspecified atom stereocenters. The van der Waals surface area contributed by atoms with Crippen molar-refractivity contribution in [3.8, 4) is 5.75 Å². The van der Waals surface area contributed by atoms with Crippen LogP contribution in [0.3, 0.4) is 0 Å². The lowest BCUT2D eigenvalue weighted by Gasteiger charge is -2.33. The molecule has 4 heteroatoms. The molecule has 4 rings (SSSR count). The highest BCUT2D eigenvalue weighted by atomic mass is 79.9. The molecule has 1 aliphatic rings. The number of rotatable bonds is 1. The molecule has 2 nitrogen and oxygen atoms in total. The van der Waals surface area contributed by atoms with Gasteiger partial charge in [0.1, 0.15) is 11.4 Å². The van der Waals surface area contributed by atoms with E-state index < -0.39 is 0 Å². The van der Waals surface area contributed by atoms with E-state index in [1.807, 2.05) is 6.07 Å². The predicted molar refractivity (Wildman–Crippen MR) is 113 cm³/mol. The van der Waals surface area contributed by atoms with Gasteiger partial charge in [0.25, 0.3) is 0 Å². The summed E-state index contributed by atoms with van der Waals surface area (Å²) in [6.45, 7) is 6.65. The first-order chi connectivity index (χ1) is 12.3. The number of benzene rings is 3. The van der Waals surface area contributed by atoms with E-state index in [1.165, 1.54) is 10.5 Å². The maximum atomic E-state index is 10.7. The summed E-state index contributed by atoms with van der Waals surface area (Å²) in [6, 6.07) is 20.8. The van der Waals surface area contributed by atoms with Crippen LogP contribution in [0.4, 0.5) is 17.1 Å². The van der Waals surface area contributed by atoms with E-state index in [1.54, 1.807) is 17.8 Å². The van der Waals surface area contributed by atoms with Gasteiger partial charge in [-0.05, 0) is 47.4 Å². The van der Waals surface area contributed by atoms with Gasteiger partial charge in [0, 0.05) is 20.0 Å². The van der Waals surface area contributed by atoms with Crippen LogP contribution in [0.25, 0.3) is 0 Å². The summed E-state index contributed by atoms with van der Waals surface area (Å²) in [7, 11) is 0. The monoisotopic (exact) mass is 425 g/mol. The molecular weight excluding hydrogens is 406 g/mol. The zero-order valence-corrected chi connectivity index (χ0v) is 17.4. The molecule has 3 aromatic carbocycles. The van der Waals surface area contributed by atoms with E-state index in [-0.39, 0.29) is 11.2 Å². The Balaban J connectivity index is 1.91. The number of nitrogens with zero attached hydrogens (tertiary/aromatic N) is 1. The summed E-state index contributed by atoms with van der Waals surface area (Å²) in [5, 5.41) is 10.7. The molecule has 0 aliphatic carbocycles. The highest BCUT2D eigenvalue weighted by molar-refractivity contribution is 9.10. The number of phenols is 1. The van der Waals surface area contributed by atoms with Crippen LogP contribution < -0.4 is 4.90 Å². The van der Waals surface area contributed by atoms with E-state index >= 15 is 0 Å².